The van der Waals surface area contributed by atoms with Gasteiger partial charge in [-0.05, 0) is 79.4 Å². The molecule has 0 radical (unpaired) electrons. The van der Waals surface area contributed by atoms with Crippen LogP contribution in [-0.4, -0.2) is 23.8 Å². The van der Waals surface area contributed by atoms with Crippen LogP contribution < -0.4 is 0 Å². The number of aliphatic hydroxyl groups is 1. The van der Waals surface area contributed by atoms with Crippen molar-refractivity contribution in [1.29, 1.82) is 0 Å². The number of hydrogen-bond donors (Lipinski definition) is 1. The van der Waals surface area contributed by atoms with Gasteiger partial charge in [-0.25, -0.2) is 0 Å². The van der Waals surface area contributed by atoms with Crippen LogP contribution in [0.1, 0.15) is 80.1 Å². The molecule has 3 heteroatoms. The molecule has 0 heterocycles. The third-order valence-corrected chi connectivity index (χ3v) is 8.80. The zero-order valence-electron chi connectivity index (χ0n) is 17.1. The number of rotatable bonds is 2. The highest BCUT2D eigenvalue weighted by molar-refractivity contribution is 5.74. The van der Waals surface area contributed by atoms with E-state index in [-0.39, 0.29) is 34.2 Å². The number of aliphatic hydroxyl groups excluding tert-OH is 1. The maximum atomic E-state index is 12.9. The zero-order chi connectivity index (χ0) is 18.6. The smallest absolute Gasteiger partial charge is 0.309 e. The molecule has 0 aromatic carbocycles. The van der Waals surface area contributed by atoms with Crippen molar-refractivity contribution in [2.45, 2.75) is 86.2 Å². The van der Waals surface area contributed by atoms with Gasteiger partial charge < -0.3 is 9.84 Å². The Morgan fingerprint density at radius 3 is 2.28 bits per heavy atom. The summed E-state index contributed by atoms with van der Waals surface area (Å²) in [6, 6.07) is 0. The first-order valence-corrected chi connectivity index (χ1v) is 10.4. The van der Waals surface area contributed by atoms with Gasteiger partial charge in [-0.15, -0.1) is 0 Å². The highest BCUT2D eigenvalue weighted by atomic mass is 16.5. The fourth-order valence-electron chi connectivity index (χ4n) is 7.59. The van der Waals surface area contributed by atoms with Crippen LogP contribution in [0.15, 0.2) is 0 Å². The van der Waals surface area contributed by atoms with Crippen molar-refractivity contribution < 1.29 is 14.6 Å². The Labute approximate surface area is 153 Å². The van der Waals surface area contributed by atoms with Gasteiger partial charge in [-0.1, -0.05) is 34.6 Å². The Morgan fingerprint density at radius 1 is 1.00 bits per heavy atom. The van der Waals surface area contributed by atoms with E-state index < -0.39 is 0 Å². The largest absolute Gasteiger partial charge is 0.466 e. The molecule has 0 spiro atoms. The average Bonchev–Trinajstić information content (AvgIpc) is 2.51. The monoisotopic (exact) mass is 350 g/mol. The van der Waals surface area contributed by atoms with Crippen LogP contribution in [0.25, 0.3) is 0 Å². The Balaban J connectivity index is 1.98. The Morgan fingerprint density at radius 2 is 1.64 bits per heavy atom. The lowest BCUT2D eigenvalue weighted by Crippen LogP contribution is -2.62. The SMILES string of the molecule is CCOC(=O)[C@@H]1C(C)CC[C@H]2[C@@]1(C)CC[C@H]1C(C)(C)[C@@H](O)CC[C@]21C. The molecule has 0 bridgehead atoms. The van der Waals surface area contributed by atoms with Gasteiger partial charge in [0, 0.05) is 0 Å². The summed E-state index contributed by atoms with van der Waals surface area (Å²) < 4.78 is 5.51. The molecule has 3 rings (SSSR count). The summed E-state index contributed by atoms with van der Waals surface area (Å²) in [5.74, 6) is 1.55. The molecule has 1 N–H and O–H groups in total. The second-order valence-corrected chi connectivity index (χ2v) is 10.3. The predicted octanol–water partition coefficient (Wildman–Crippen LogP) is 4.82. The maximum absolute atomic E-state index is 12.9. The molecule has 3 aliphatic rings. The molecular weight excluding hydrogens is 312 g/mol. The van der Waals surface area contributed by atoms with Crippen molar-refractivity contribution in [3.05, 3.63) is 0 Å². The number of hydrogen-bond acceptors (Lipinski definition) is 3. The molecule has 0 aromatic rings. The molecule has 7 atom stereocenters. The lowest BCUT2D eigenvalue weighted by molar-refractivity contribution is -0.207. The molecule has 0 aromatic heterocycles. The summed E-state index contributed by atoms with van der Waals surface area (Å²) in [5.41, 5.74) is 0.227. The molecule has 144 valence electrons. The maximum Gasteiger partial charge on any atom is 0.309 e. The topological polar surface area (TPSA) is 46.5 Å². The van der Waals surface area contributed by atoms with Crippen molar-refractivity contribution in [3.63, 3.8) is 0 Å². The van der Waals surface area contributed by atoms with Gasteiger partial charge in [0.1, 0.15) is 0 Å². The summed E-state index contributed by atoms with van der Waals surface area (Å²) in [7, 11) is 0. The highest BCUT2D eigenvalue weighted by Crippen LogP contribution is 2.69. The van der Waals surface area contributed by atoms with Gasteiger partial charge in [-0.2, -0.15) is 0 Å². The van der Waals surface area contributed by atoms with E-state index in [0.29, 0.717) is 24.4 Å². The summed E-state index contributed by atoms with van der Waals surface area (Å²) in [4.78, 5) is 12.9. The van der Waals surface area contributed by atoms with Gasteiger partial charge >= 0.3 is 5.97 Å². The standard InChI is InChI=1S/C22H38O3/c1-7-25-19(24)18-14(2)8-9-16-21(5)13-11-17(23)20(3,4)15(21)10-12-22(16,18)6/h14-18,23H,7-13H2,1-6H3/t14?,15-,16+,17-,18-,21-,22+/m0/s1. The molecule has 3 nitrogen and oxygen atoms in total. The molecule has 3 fully saturated rings. The Kier molecular flexibility index (Phi) is 4.80. The van der Waals surface area contributed by atoms with Gasteiger partial charge in [0.05, 0.1) is 18.6 Å². The first-order valence-electron chi connectivity index (χ1n) is 10.4. The van der Waals surface area contributed by atoms with E-state index in [1.54, 1.807) is 0 Å². The molecular formula is C22H38O3. The van der Waals surface area contributed by atoms with Gasteiger partial charge in [0.25, 0.3) is 0 Å². The van der Waals surface area contributed by atoms with Crippen molar-refractivity contribution in [2.24, 2.45) is 39.9 Å². The van der Waals surface area contributed by atoms with E-state index in [1.165, 1.54) is 6.42 Å². The third kappa shape index (κ3) is 2.67. The van der Waals surface area contributed by atoms with E-state index in [4.69, 9.17) is 4.74 Å². The molecule has 3 saturated carbocycles. The number of fused-ring (bicyclic) bond motifs is 3. The zero-order valence-corrected chi connectivity index (χ0v) is 17.1. The molecule has 0 saturated heterocycles. The van der Waals surface area contributed by atoms with Crippen LogP contribution in [-0.2, 0) is 9.53 Å². The lowest BCUT2D eigenvalue weighted by Gasteiger charge is -2.66. The Bertz CT molecular complexity index is 527. The van der Waals surface area contributed by atoms with Crippen LogP contribution in [0.5, 0.6) is 0 Å². The minimum atomic E-state index is -0.196. The Hall–Kier alpha value is -0.570. The van der Waals surface area contributed by atoms with E-state index >= 15 is 0 Å². The normalized spacial score (nSPS) is 49.0. The summed E-state index contributed by atoms with van der Waals surface area (Å²) in [5, 5.41) is 10.6. The van der Waals surface area contributed by atoms with Crippen molar-refractivity contribution >= 4 is 5.97 Å². The van der Waals surface area contributed by atoms with E-state index in [9.17, 15) is 9.90 Å². The number of carbonyl (C=O) groups excluding carboxylic acids is 1. The first kappa shape index (κ1) is 19.2. The minimum Gasteiger partial charge on any atom is -0.466 e. The predicted molar refractivity (Wildman–Crippen MR) is 100.0 cm³/mol. The van der Waals surface area contributed by atoms with Gasteiger partial charge in [-0.3, -0.25) is 4.79 Å². The summed E-state index contributed by atoms with van der Waals surface area (Å²) in [6.45, 7) is 14.0. The van der Waals surface area contributed by atoms with Crippen molar-refractivity contribution in [3.8, 4) is 0 Å². The van der Waals surface area contributed by atoms with Gasteiger partial charge in [0.15, 0.2) is 0 Å². The van der Waals surface area contributed by atoms with Crippen LogP contribution in [0.3, 0.4) is 0 Å². The highest BCUT2D eigenvalue weighted by Gasteiger charge is 2.64. The second-order valence-electron chi connectivity index (χ2n) is 10.3. The second kappa shape index (κ2) is 6.25. The van der Waals surface area contributed by atoms with E-state index in [2.05, 4.69) is 34.6 Å². The quantitative estimate of drug-likeness (QED) is 0.727. The van der Waals surface area contributed by atoms with Gasteiger partial charge in [0.2, 0.25) is 0 Å². The van der Waals surface area contributed by atoms with Crippen LogP contribution >= 0.6 is 0 Å². The molecule has 0 amide bonds. The number of carbonyl (C=O) groups is 1. The fourth-order valence-corrected chi connectivity index (χ4v) is 7.59. The minimum absolute atomic E-state index is 0.0268. The van der Waals surface area contributed by atoms with Crippen molar-refractivity contribution in [1.82, 2.24) is 0 Å². The molecule has 3 aliphatic carbocycles. The summed E-state index contributed by atoms with van der Waals surface area (Å²) in [6.07, 6.45) is 6.33. The van der Waals surface area contributed by atoms with Crippen molar-refractivity contribution in [2.75, 3.05) is 6.61 Å². The first-order chi connectivity index (χ1) is 11.6. The number of ether oxygens (including phenoxy) is 1. The molecule has 1 unspecified atom stereocenters. The molecule has 0 aliphatic heterocycles. The van der Waals surface area contributed by atoms with E-state index in [1.807, 2.05) is 6.92 Å². The molecule has 25 heavy (non-hydrogen) atoms. The average molecular weight is 351 g/mol. The third-order valence-electron chi connectivity index (χ3n) is 8.80. The summed E-state index contributed by atoms with van der Waals surface area (Å²) >= 11 is 0. The van der Waals surface area contributed by atoms with Crippen LogP contribution in [0.2, 0.25) is 0 Å². The fraction of sp³-hybridized carbons (Fsp3) is 0.955. The van der Waals surface area contributed by atoms with Crippen LogP contribution in [0.4, 0.5) is 0 Å². The lowest BCUT2D eigenvalue weighted by atomic mass is 9.38. The van der Waals surface area contributed by atoms with E-state index in [0.717, 1.165) is 32.1 Å². The number of esters is 1. The van der Waals surface area contributed by atoms with Crippen LogP contribution in [0, 0.1) is 39.9 Å².